The van der Waals surface area contributed by atoms with E-state index in [9.17, 15) is 22.0 Å². The second-order valence-electron chi connectivity index (χ2n) is 6.82. The van der Waals surface area contributed by atoms with Crippen molar-refractivity contribution >= 4 is 15.9 Å². The molecule has 156 valence electrons. The number of benzene rings is 1. The SMILES string of the molecule is O=C(CCOCC1CCCO1)N1CCN(S(=O)(=O)c2ccc(F)c(F)c2)CC1. The van der Waals surface area contributed by atoms with Crippen molar-refractivity contribution in [3.8, 4) is 0 Å². The Morgan fingerprint density at radius 2 is 1.93 bits per heavy atom. The number of hydrogen-bond donors (Lipinski definition) is 0. The predicted octanol–water partition coefficient (Wildman–Crippen LogP) is 1.38. The van der Waals surface area contributed by atoms with Crippen molar-refractivity contribution in [2.24, 2.45) is 0 Å². The molecule has 0 aromatic heterocycles. The van der Waals surface area contributed by atoms with Crippen LogP contribution in [0.2, 0.25) is 0 Å². The average Bonchev–Trinajstić information content (AvgIpc) is 3.20. The van der Waals surface area contributed by atoms with Gasteiger partial charge in [-0.15, -0.1) is 0 Å². The highest BCUT2D eigenvalue weighted by Crippen LogP contribution is 2.20. The molecule has 2 heterocycles. The van der Waals surface area contributed by atoms with Gasteiger partial charge in [0.15, 0.2) is 11.6 Å². The van der Waals surface area contributed by atoms with Crippen LogP contribution in [-0.4, -0.2) is 75.6 Å². The summed E-state index contributed by atoms with van der Waals surface area (Å²) in [7, 11) is -3.93. The molecular weight excluding hydrogens is 394 g/mol. The van der Waals surface area contributed by atoms with Crippen LogP contribution in [0.15, 0.2) is 23.1 Å². The van der Waals surface area contributed by atoms with Crippen molar-refractivity contribution in [3.63, 3.8) is 0 Å². The van der Waals surface area contributed by atoms with Gasteiger partial charge in [-0.3, -0.25) is 4.79 Å². The highest BCUT2D eigenvalue weighted by molar-refractivity contribution is 7.89. The van der Waals surface area contributed by atoms with Crippen molar-refractivity contribution < 1.29 is 31.5 Å². The van der Waals surface area contributed by atoms with Crippen LogP contribution in [0.5, 0.6) is 0 Å². The van der Waals surface area contributed by atoms with Gasteiger partial charge in [0.05, 0.1) is 30.6 Å². The summed E-state index contributed by atoms with van der Waals surface area (Å²) in [5, 5.41) is 0. The van der Waals surface area contributed by atoms with Gasteiger partial charge in [-0.25, -0.2) is 17.2 Å². The topological polar surface area (TPSA) is 76.2 Å². The fourth-order valence-corrected chi connectivity index (χ4v) is 4.71. The number of sulfonamides is 1. The molecule has 7 nitrogen and oxygen atoms in total. The van der Waals surface area contributed by atoms with E-state index in [1.165, 1.54) is 4.31 Å². The zero-order valence-electron chi connectivity index (χ0n) is 15.5. The van der Waals surface area contributed by atoms with Crippen LogP contribution in [0.4, 0.5) is 8.78 Å². The summed E-state index contributed by atoms with van der Waals surface area (Å²) in [4.78, 5) is 13.6. The summed E-state index contributed by atoms with van der Waals surface area (Å²) in [6, 6.07) is 2.50. The summed E-state index contributed by atoms with van der Waals surface area (Å²) in [6.45, 7) is 2.22. The van der Waals surface area contributed by atoms with E-state index in [2.05, 4.69) is 0 Å². The molecule has 2 fully saturated rings. The van der Waals surface area contributed by atoms with Gasteiger partial charge in [0.2, 0.25) is 15.9 Å². The third-order valence-electron chi connectivity index (χ3n) is 4.91. The lowest BCUT2D eigenvalue weighted by Gasteiger charge is -2.34. The van der Waals surface area contributed by atoms with E-state index in [1.807, 2.05) is 0 Å². The molecule has 1 aromatic carbocycles. The molecule has 2 aliphatic rings. The summed E-state index contributed by atoms with van der Waals surface area (Å²) in [5.41, 5.74) is 0. The maximum Gasteiger partial charge on any atom is 0.243 e. The number of hydrogen-bond acceptors (Lipinski definition) is 5. The van der Waals surface area contributed by atoms with Crippen LogP contribution in [-0.2, 0) is 24.3 Å². The Morgan fingerprint density at radius 3 is 2.57 bits per heavy atom. The first-order valence-electron chi connectivity index (χ1n) is 9.30. The number of piperazine rings is 1. The maximum absolute atomic E-state index is 13.4. The molecule has 0 radical (unpaired) electrons. The van der Waals surface area contributed by atoms with E-state index in [0.717, 1.165) is 31.6 Å². The molecule has 1 aromatic rings. The van der Waals surface area contributed by atoms with Gasteiger partial charge in [-0.1, -0.05) is 0 Å². The number of carbonyl (C=O) groups excluding carboxylic acids is 1. The Kier molecular flexibility index (Phi) is 6.97. The predicted molar refractivity (Wildman–Crippen MR) is 96.1 cm³/mol. The lowest BCUT2D eigenvalue weighted by molar-refractivity contribution is -0.133. The van der Waals surface area contributed by atoms with E-state index < -0.39 is 21.7 Å². The molecule has 1 atom stereocenters. The zero-order chi connectivity index (χ0) is 20.1. The number of nitrogens with zero attached hydrogens (tertiary/aromatic N) is 2. The second-order valence-corrected chi connectivity index (χ2v) is 8.76. The number of carbonyl (C=O) groups is 1. The standard InChI is InChI=1S/C18H24F2N2O5S/c19-16-4-3-15(12-17(16)20)28(24,25)22-8-6-21(7-9-22)18(23)5-11-26-13-14-2-1-10-27-14/h3-4,12,14H,1-2,5-11,13H2. The number of ether oxygens (including phenoxy) is 2. The highest BCUT2D eigenvalue weighted by Gasteiger charge is 2.30. The molecular formula is C18H24F2N2O5S. The molecule has 0 aliphatic carbocycles. The van der Waals surface area contributed by atoms with E-state index in [1.54, 1.807) is 4.90 Å². The van der Waals surface area contributed by atoms with Gasteiger partial charge < -0.3 is 14.4 Å². The maximum atomic E-state index is 13.4. The van der Waals surface area contributed by atoms with Crippen LogP contribution in [0.25, 0.3) is 0 Å². The Hall–Kier alpha value is -1.62. The number of amides is 1. The average molecular weight is 418 g/mol. The lowest BCUT2D eigenvalue weighted by Crippen LogP contribution is -2.50. The lowest BCUT2D eigenvalue weighted by atomic mass is 10.2. The first-order chi connectivity index (χ1) is 13.4. The Balaban J connectivity index is 1.45. The summed E-state index contributed by atoms with van der Waals surface area (Å²) < 4.78 is 63.6. The zero-order valence-corrected chi connectivity index (χ0v) is 16.3. The van der Waals surface area contributed by atoms with Gasteiger partial charge >= 0.3 is 0 Å². The minimum absolute atomic E-state index is 0.0998. The normalized spacial score (nSPS) is 21.2. The molecule has 3 rings (SSSR count). The van der Waals surface area contributed by atoms with Crippen molar-refractivity contribution in [2.75, 3.05) is 46.0 Å². The van der Waals surface area contributed by atoms with Crippen LogP contribution in [0.3, 0.4) is 0 Å². The van der Waals surface area contributed by atoms with Gasteiger partial charge in [0.25, 0.3) is 0 Å². The molecule has 10 heteroatoms. The Morgan fingerprint density at radius 1 is 1.18 bits per heavy atom. The minimum atomic E-state index is -3.93. The molecule has 2 saturated heterocycles. The monoisotopic (exact) mass is 418 g/mol. The van der Waals surface area contributed by atoms with E-state index in [4.69, 9.17) is 9.47 Å². The van der Waals surface area contributed by atoms with Crippen molar-refractivity contribution in [3.05, 3.63) is 29.8 Å². The first-order valence-corrected chi connectivity index (χ1v) is 10.7. The fourth-order valence-electron chi connectivity index (χ4n) is 3.27. The third kappa shape index (κ3) is 5.05. The van der Waals surface area contributed by atoms with E-state index >= 15 is 0 Å². The minimum Gasteiger partial charge on any atom is -0.378 e. The molecule has 1 unspecified atom stereocenters. The van der Waals surface area contributed by atoms with Crippen LogP contribution >= 0.6 is 0 Å². The van der Waals surface area contributed by atoms with E-state index in [-0.39, 0.29) is 49.5 Å². The fraction of sp³-hybridized carbons (Fsp3) is 0.611. The van der Waals surface area contributed by atoms with Gasteiger partial charge in [-0.05, 0) is 31.0 Å². The summed E-state index contributed by atoms with van der Waals surface area (Å²) in [6.07, 6.45) is 2.34. The van der Waals surface area contributed by atoms with Crippen LogP contribution < -0.4 is 0 Å². The first kappa shape index (κ1) is 21.1. The Labute approximate surface area is 163 Å². The van der Waals surface area contributed by atoms with Crippen molar-refractivity contribution in [2.45, 2.75) is 30.3 Å². The second kappa shape index (κ2) is 9.25. The molecule has 0 bridgehead atoms. The highest BCUT2D eigenvalue weighted by atomic mass is 32.2. The van der Waals surface area contributed by atoms with Crippen LogP contribution in [0.1, 0.15) is 19.3 Å². The molecule has 28 heavy (non-hydrogen) atoms. The van der Waals surface area contributed by atoms with Gasteiger partial charge in [0.1, 0.15) is 0 Å². The van der Waals surface area contributed by atoms with Gasteiger partial charge in [-0.2, -0.15) is 4.31 Å². The number of halogens is 2. The molecule has 2 aliphatic heterocycles. The summed E-state index contributed by atoms with van der Waals surface area (Å²) in [5.74, 6) is -2.41. The molecule has 0 saturated carbocycles. The van der Waals surface area contributed by atoms with Gasteiger partial charge in [0, 0.05) is 32.8 Å². The quantitative estimate of drug-likeness (QED) is 0.626. The number of rotatable bonds is 7. The molecule has 1 amide bonds. The third-order valence-corrected chi connectivity index (χ3v) is 6.80. The largest absolute Gasteiger partial charge is 0.378 e. The van der Waals surface area contributed by atoms with E-state index in [0.29, 0.717) is 19.3 Å². The van der Waals surface area contributed by atoms with Crippen molar-refractivity contribution in [1.29, 1.82) is 0 Å². The Bertz CT molecular complexity index is 791. The summed E-state index contributed by atoms with van der Waals surface area (Å²) >= 11 is 0. The molecule has 0 N–H and O–H groups in total. The van der Waals surface area contributed by atoms with Crippen LogP contribution in [0, 0.1) is 11.6 Å². The smallest absolute Gasteiger partial charge is 0.243 e. The molecule has 0 spiro atoms. The van der Waals surface area contributed by atoms with Crippen molar-refractivity contribution in [1.82, 2.24) is 9.21 Å².